The first-order valence-corrected chi connectivity index (χ1v) is 4.06. The Bertz CT molecular complexity index is 182. The van der Waals surface area contributed by atoms with Crippen molar-refractivity contribution in [1.29, 1.82) is 0 Å². The number of carboxylic acids is 1. The van der Waals surface area contributed by atoms with Gasteiger partial charge < -0.3 is 5.11 Å². The fraction of sp³-hybridized carbons (Fsp3) is 0.500. The van der Waals surface area contributed by atoms with E-state index in [9.17, 15) is 4.79 Å². The van der Waals surface area contributed by atoms with E-state index < -0.39 is 5.97 Å². The van der Waals surface area contributed by atoms with Crippen LogP contribution in [0.5, 0.6) is 0 Å². The first-order chi connectivity index (χ1) is 5.57. The smallest absolute Gasteiger partial charge is 0.303 e. The van der Waals surface area contributed by atoms with Crippen LogP contribution < -0.4 is 0 Å². The normalized spacial score (nSPS) is 12.1. The van der Waals surface area contributed by atoms with E-state index in [0.717, 1.165) is 18.4 Å². The van der Waals surface area contributed by atoms with Gasteiger partial charge in [-0.2, -0.15) is 0 Å². The number of hydrogen-bond acceptors (Lipinski definition) is 1. The molecule has 2 heteroatoms. The highest BCUT2D eigenvalue weighted by Gasteiger charge is 2.12. The summed E-state index contributed by atoms with van der Waals surface area (Å²) in [7, 11) is 0. The van der Waals surface area contributed by atoms with Gasteiger partial charge in [0.05, 0.1) is 6.42 Å². The SMILES string of the molecule is C=CCC[C@H](CC(=O)O)C(=C)C. The van der Waals surface area contributed by atoms with Crippen molar-refractivity contribution in [1.82, 2.24) is 0 Å². The summed E-state index contributed by atoms with van der Waals surface area (Å²) in [4.78, 5) is 10.4. The summed E-state index contributed by atoms with van der Waals surface area (Å²) in [6, 6.07) is 0. The van der Waals surface area contributed by atoms with Crippen LogP contribution in [0.15, 0.2) is 24.8 Å². The molecule has 0 amide bonds. The number of hydrogen-bond donors (Lipinski definition) is 1. The Labute approximate surface area is 73.6 Å². The molecular formula is C10H16O2. The van der Waals surface area contributed by atoms with Gasteiger partial charge in [-0.05, 0) is 25.7 Å². The van der Waals surface area contributed by atoms with E-state index in [4.69, 9.17) is 5.11 Å². The van der Waals surface area contributed by atoms with E-state index in [0.29, 0.717) is 0 Å². The molecule has 12 heavy (non-hydrogen) atoms. The number of rotatable bonds is 6. The molecule has 0 heterocycles. The number of allylic oxidation sites excluding steroid dienone is 2. The van der Waals surface area contributed by atoms with Gasteiger partial charge in [0, 0.05) is 0 Å². The van der Waals surface area contributed by atoms with Crippen molar-refractivity contribution < 1.29 is 9.90 Å². The van der Waals surface area contributed by atoms with E-state index in [2.05, 4.69) is 13.2 Å². The van der Waals surface area contributed by atoms with Crippen molar-refractivity contribution in [3.8, 4) is 0 Å². The Kier molecular flexibility index (Phi) is 5.09. The number of aliphatic carboxylic acids is 1. The highest BCUT2D eigenvalue weighted by atomic mass is 16.4. The lowest BCUT2D eigenvalue weighted by molar-refractivity contribution is -0.137. The molecule has 1 atom stereocenters. The van der Waals surface area contributed by atoms with Crippen molar-refractivity contribution >= 4 is 5.97 Å². The van der Waals surface area contributed by atoms with Crippen LogP contribution in [0.4, 0.5) is 0 Å². The van der Waals surface area contributed by atoms with Gasteiger partial charge in [-0.15, -0.1) is 6.58 Å². The average Bonchev–Trinajstić information content (AvgIpc) is 1.96. The topological polar surface area (TPSA) is 37.3 Å². The molecule has 0 aromatic carbocycles. The standard InChI is InChI=1S/C10H16O2/c1-4-5-6-9(8(2)3)7-10(11)12/h4,9H,1-2,5-7H2,3H3,(H,11,12)/t9-/m1/s1. The first kappa shape index (κ1) is 11.0. The summed E-state index contributed by atoms with van der Waals surface area (Å²) in [6.45, 7) is 9.23. The Morgan fingerprint density at radius 3 is 2.58 bits per heavy atom. The maximum atomic E-state index is 10.4. The van der Waals surface area contributed by atoms with Crippen molar-refractivity contribution in [2.24, 2.45) is 5.92 Å². The summed E-state index contributed by atoms with van der Waals surface area (Å²) in [6.07, 6.45) is 3.68. The van der Waals surface area contributed by atoms with Gasteiger partial charge >= 0.3 is 5.97 Å². The summed E-state index contributed by atoms with van der Waals surface area (Å²) < 4.78 is 0. The van der Waals surface area contributed by atoms with Crippen LogP contribution in [0.2, 0.25) is 0 Å². The van der Waals surface area contributed by atoms with E-state index in [1.165, 1.54) is 0 Å². The molecule has 1 N–H and O–H groups in total. The lowest BCUT2D eigenvalue weighted by atomic mass is 9.93. The maximum absolute atomic E-state index is 10.4. The van der Waals surface area contributed by atoms with Crippen molar-refractivity contribution in [2.45, 2.75) is 26.2 Å². The minimum atomic E-state index is -0.757. The molecule has 0 aromatic heterocycles. The summed E-state index contributed by atoms with van der Waals surface area (Å²) in [5, 5.41) is 8.57. The second kappa shape index (κ2) is 5.58. The van der Waals surface area contributed by atoms with Crippen LogP contribution in [-0.4, -0.2) is 11.1 Å². The highest BCUT2D eigenvalue weighted by molar-refractivity contribution is 5.67. The van der Waals surface area contributed by atoms with Gasteiger partial charge in [-0.1, -0.05) is 18.2 Å². The maximum Gasteiger partial charge on any atom is 0.303 e. The molecule has 0 aromatic rings. The molecule has 0 bridgehead atoms. The monoisotopic (exact) mass is 168 g/mol. The van der Waals surface area contributed by atoms with Crippen molar-refractivity contribution in [3.63, 3.8) is 0 Å². The van der Waals surface area contributed by atoms with E-state index in [1.54, 1.807) is 6.08 Å². The molecule has 0 aliphatic heterocycles. The zero-order valence-corrected chi connectivity index (χ0v) is 7.55. The predicted molar refractivity (Wildman–Crippen MR) is 50.0 cm³/mol. The van der Waals surface area contributed by atoms with Crippen LogP contribution >= 0.6 is 0 Å². The Balaban J connectivity index is 3.94. The lowest BCUT2D eigenvalue weighted by Gasteiger charge is -2.12. The van der Waals surface area contributed by atoms with Gasteiger partial charge in [-0.3, -0.25) is 4.79 Å². The van der Waals surface area contributed by atoms with Gasteiger partial charge in [0.2, 0.25) is 0 Å². The Morgan fingerprint density at radius 1 is 1.67 bits per heavy atom. The van der Waals surface area contributed by atoms with E-state index >= 15 is 0 Å². The lowest BCUT2D eigenvalue weighted by Crippen LogP contribution is -2.08. The third-order valence-corrected chi connectivity index (χ3v) is 1.84. The van der Waals surface area contributed by atoms with Crippen LogP contribution in [0.1, 0.15) is 26.2 Å². The van der Waals surface area contributed by atoms with E-state index in [1.807, 2.05) is 6.92 Å². The minimum absolute atomic E-state index is 0.0977. The molecule has 0 unspecified atom stereocenters. The predicted octanol–water partition coefficient (Wildman–Crippen LogP) is 2.62. The molecule has 0 spiro atoms. The van der Waals surface area contributed by atoms with Crippen LogP contribution in [-0.2, 0) is 4.79 Å². The minimum Gasteiger partial charge on any atom is -0.481 e. The molecule has 0 rings (SSSR count). The molecule has 2 nitrogen and oxygen atoms in total. The molecule has 0 fully saturated rings. The zero-order valence-electron chi connectivity index (χ0n) is 7.55. The third kappa shape index (κ3) is 4.72. The fourth-order valence-corrected chi connectivity index (χ4v) is 1.05. The number of carbonyl (C=O) groups is 1. The molecule has 0 saturated heterocycles. The average molecular weight is 168 g/mol. The molecule has 0 aliphatic carbocycles. The first-order valence-electron chi connectivity index (χ1n) is 4.06. The third-order valence-electron chi connectivity index (χ3n) is 1.84. The Hall–Kier alpha value is -1.05. The van der Waals surface area contributed by atoms with Crippen LogP contribution in [0.3, 0.4) is 0 Å². The molecule has 68 valence electrons. The second-order valence-electron chi connectivity index (χ2n) is 3.01. The van der Waals surface area contributed by atoms with Crippen LogP contribution in [0.25, 0.3) is 0 Å². The van der Waals surface area contributed by atoms with Gasteiger partial charge in [-0.25, -0.2) is 0 Å². The van der Waals surface area contributed by atoms with E-state index in [-0.39, 0.29) is 12.3 Å². The zero-order chi connectivity index (χ0) is 9.56. The highest BCUT2D eigenvalue weighted by Crippen LogP contribution is 2.19. The molecule has 0 saturated carbocycles. The van der Waals surface area contributed by atoms with Crippen molar-refractivity contribution in [3.05, 3.63) is 24.8 Å². The van der Waals surface area contributed by atoms with Gasteiger partial charge in [0.15, 0.2) is 0 Å². The fourth-order valence-electron chi connectivity index (χ4n) is 1.05. The van der Waals surface area contributed by atoms with Crippen molar-refractivity contribution in [2.75, 3.05) is 0 Å². The summed E-state index contributed by atoms with van der Waals surface area (Å²) in [5.41, 5.74) is 0.944. The van der Waals surface area contributed by atoms with Gasteiger partial charge in [0.25, 0.3) is 0 Å². The molecule has 0 radical (unpaired) electrons. The molecular weight excluding hydrogens is 152 g/mol. The quantitative estimate of drug-likeness (QED) is 0.619. The Morgan fingerprint density at radius 2 is 2.25 bits per heavy atom. The largest absolute Gasteiger partial charge is 0.481 e. The number of carboxylic acid groups (broad SMARTS) is 1. The molecule has 0 aliphatic rings. The van der Waals surface area contributed by atoms with Gasteiger partial charge in [0.1, 0.15) is 0 Å². The second-order valence-corrected chi connectivity index (χ2v) is 3.01. The summed E-state index contributed by atoms with van der Waals surface area (Å²) >= 11 is 0. The summed E-state index contributed by atoms with van der Waals surface area (Å²) in [5.74, 6) is -0.660. The van der Waals surface area contributed by atoms with Crippen LogP contribution in [0, 0.1) is 5.92 Å².